The van der Waals surface area contributed by atoms with Crippen LogP contribution in [0.25, 0.3) is 22.3 Å². The number of benzene rings is 2. The van der Waals surface area contributed by atoms with E-state index in [2.05, 4.69) is 22.1 Å². The lowest BCUT2D eigenvalue weighted by Crippen LogP contribution is -2.32. The summed E-state index contributed by atoms with van der Waals surface area (Å²) in [5.41, 5.74) is 2.17. The second kappa shape index (κ2) is 6.23. The van der Waals surface area contributed by atoms with Crippen LogP contribution in [0.2, 0.25) is 0 Å². The maximum Gasteiger partial charge on any atom is 0.238 e. The van der Waals surface area contributed by atoms with Gasteiger partial charge in [-0.1, -0.05) is 24.3 Å². The maximum absolute atomic E-state index is 13.0. The molecule has 2 fully saturated rings. The van der Waals surface area contributed by atoms with Gasteiger partial charge in [-0.3, -0.25) is 14.5 Å². The van der Waals surface area contributed by atoms with Crippen LogP contribution in [-0.4, -0.2) is 28.9 Å². The minimum absolute atomic E-state index is 0.0682. The van der Waals surface area contributed by atoms with Gasteiger partial charge in [0.05, 0.1) is 24.6 Å². The van der Waals surface area contributed by atoms with Gasteiger partial charge in [0.25, 0.3) is 0 Å². The summed E-state index contributed by atoms with van der Waals surface area (Å²) in [7, 11) is 1.62. The number of hydrogen-bond donors (Lipinski definition) is 0. The van der Waals surface area contributed by atoms with Crippen LogP contribution < -0.4 is 9.64 Å². The molecule has 0 radical (unpaired) electrons. The van der Waals surface area contributed by atoms with Crippen molar-refractivity contribution in [2.24, 2.45) is 23.7 Å². The van der Waals surface area contributed by atoms with E-state index in [4.69, 9.17) is 4.74 Å². The monoisotopic (exact) mass is 397 g/mol. The zero-order valence-corrected chi connectivity index (χ0v) is 16.4. The first-order valence-corrected chi connectivity index (χ1v) is 10.1. The van der Waals surface area contributed by atoms with E-state index >= 15 is 0 Å². The number of aromatic nitrogens is 2. The Morgan fingerprint density at radius 1 is 0.967 bits per heavy atom. The Balaban J connectivity index is 1.33. The number of carbonyl (C=O) groups is 2. The molecular weight excluding hydrogens is 378 g/mol. The number of amides is 2. The smallest absolute Gasteiger partial charge is 0.238 e. The Hall–Kier alpha value is -3.54. The van der Waals surface area contributed by atoms with Crippen LogP contribution in [0, 0.1) is 23.7 Å². The fraction of sp³-hybridized carbons (Fsp3) is 0.250. The quantitative estimate of drug-likeness (QED) is 0.499. The lowest BCUT2D eigenvalue weighted by Gasteiger charge is -2.17. The third-order valence-corrected chi connectivity index (χ3v) is 6.65. The Morgan fingerprint density at radius 3 is 2.33 bits per heavy atom. The van der Waals surface area contributed by atoms with Crippen LogP contribution in [0.3, 0.4) is 0 Å². The first-order chi connectivity index (χ1) is 14.7. The minimum atomic E-state index is -0.191. The number of methoxy groups -OCH3 is 1. The topological polar surface area (TPSA) is 72.4 Å². The van der Waals surface area contributed by atoms with Gasteiger partial charge in [0.1, 0.15) is 11.3 Å². The fourth-order valence-electron chi connectivity index (χ4n) is 5.25. The molecule has 30 heavy (non-hydrogen) atoms. The molecule has 6 nitrogen and oxygen atoms in total. The Morgan fingerprint density at radius 2 is 1.67 bits per heavy atom. The highest BCUT2D eigenvalue weighted by atomic mass is 16.5. The normalized spacial score (nSPS) is 26.6. The van der Waals surface area contributed by atoms with Gasteiger partial charge in [-0.05, 0) is 48.6 Å². The second-order valence-corrected chi connectivity index (χ2v) is 8.15. The van der Waals surface area contributed by atoms with Crippen molar-refractivity contribution in [2.75, 3.05) is 12.0 Å². The van der Waals surface area contributed by atoms with E-state index in [0.717, 1.165) is 22.9 Å². The van der Waals surface area contributed by atoms with Gasteiger partial charge < -0.3 is 4.74 Å². The summed E-state index contributed by atoms with van der Waals surface area (Å²) >= 11 is 0. The summed E-state index contributed by atoms with van der Waals surface area (Å²) in [6.07, 6.45) is 6.91. The predicted molar refractivity (Wildman–Crippen MR) is 112 cm³/mol. The first kappa shape index (κ1) is 17.3. The molecule has 3 aromatic rings. The van der Waals surface area contributed by atoms with Crippen molar-refractivity contribution in [3.63, 3.8) is 0 Å². The van der Waals surface area contributed by atoms with Crippen LogP contribution in [0.15, 0.2) is 60.8 Å². The molecule has 1 saturated carbocycles. The maximum atomic E-state index is 13.0. The molecule has 1 saturated heterocycles. The van der Waals surface area contributed by atoms with E-state index in [-0.39, 0.29) is 35.5 Å². The number of hydrogen-bond acceptors (Lipinski definition) is 5. The summed E-state index contributed by atoms with van der Waals surface area (Å²) < 4.78 is 5.41. The molecule has 2 heterocycles. The van der Waals surface area contributed by atoms with E-state index in [1.807, 2.05) is 30.3 Å². The molecule has 2 aliphatic carbocycles. The number of nitrogens with zero attached hydrogens (tertiary/aromatic N) is 3. The third kappa shape index (κ3) is 2.30. The van der Waals surface area contributed by atoms with Crippen LogP contribution in [0.5, 0.6) is 5.75 Å². The zero-order chi connectivity index (χ0) is 20.4. The summed E-state index contributed by atoms with van der Waals surface area (Å²) in [6.45, 7) is 0. The van der Waals surface area contributed by atoms with E-state index < -0.39 is 0 Å². The van der Waals surface area contributed by atoms with Crippen molar-refractivity contribution < 1.29 is 14.3 Å². The predicted octanol–water partition coefficient (Wildman–Crippen LogP) is 3.62. The number of para-hydroxylation sites is 1. The molecule has 0 unspecified atom stereocenters. The van der Waals surface area contributed by atoms with Crippen molar-refractivity contribution in [1.29, 1.82) is 0 Å². The average Bonchev–Trinajstić information content (AvgIpc) is 3.47. The van der Waals surface area contributed by atoms with Crippen molar-refractivity contribution in [2.45, 2.75) is 6.42 Å². The molecule has 2 aromatic carbocycles. The van der Waals surface area contributed by atoms with Crippen molar-refractivity contribution in [1.82, 2.24) is 9.97 Å². The number of imide groups is 1. The lowest BCUT2D eigenvalue weighted by atomic mass is 9.85. The Bertz CT molecular complexity index is 1200. The van der Waals surface area contributed by atoms with Gasteiger partial charge in [-0.2, -0.15) is 0 Å². The number of ether oxygens (including phenoxy) is 1. The number of anilines is 1. The van der Waals surface area contributed by atoms with Gasteiger partial charge >= 0.3 is 0 Å². The molecule has 4 atom stereocenters. The standard InChI is InChI=1S/C24H19N3O3/c1-30-18-4-2-3-16-12-25-22(26-21(16)18)13-7-9-17(10-8-13)27-23(28)19-14-5-6-15(11-14)20(19)24(27)29/h2-10,12,14-15,19-20H,11H2,1H3/t14-,15-,19-,20+/m0/s1. The van der Waals surface area contributed by atoms with Crippen molar-refractivity contribution in [3.05, 3.63) is 60.8 Å². The molecule has 3 aliphatic rings. The highest BCUT2D eigenvalue weighted by molar-refractivity contribution is 6.22. The third-order valence-electron chi connectivity index (χ3n) is 6.65. The molecule has 0 N–H and O–H groups in total. The Kier molecular flexibility index (Phi) is 3.60. The molecule has 2 bridgehead atoms. The summed E-state index contributed by atoms with van der Waals surface area (Å²) in [6, 6.07) is 13.0. The summed E-state index contributed by atoms with van der Waals surface area (Å²) in [5, 5.41) is 0.901. The minimum Gasteiger partial charge on any atom is -0.494 e. The number of carbonyl (C=O) groups excluding carboxylic acids is 2. The van der Waals surface area contributed by atoms with E-state index in [1.54, 1.807) is 25.4 Å². The largest absolute Gasteiger partial charge is 0.494 e. The first-order valence-electron chi connectivity index (χ1n) is 10.1. The number of fused-ring (bicyclic) bond motifs is 6. The van der Waals surface area contributed by atoms with E-state index in [1.165, 1.54) is 4.90 Å². The fourth-order valence-corrected chi connectivity index (χ4v) is 5.25. The van der Waals surface area contributed by atoms with Gasteiger partial charge in [-0.15, -0.1) is 0 Å². The van der Waals surface area contributed by atoms with Crippen molar-refractivity contribution in [3.8, 4) is 17.1 Å². The SMILES string of the molecule is COc1cccc2cnc(-c3ccc(N4C(=O)[C@@H]5[C@H](C4=O)[C@H]4C=C[C@H]5C4)cc3)nc12. The molecule has 0 spiro atoms. The molecular formula is C24H19N3O3. The molecule has 6 rings (SSSR count). The molecule has 1 aliphatic heterocycles. The molecule has 148 valence electrons. The average molecular weight is 397 g/mol. The van der Waals surface area contributed by atoms with Gasteiger partial charge in [0, 0.05) is 17.1 Å². The van der Waals surface area contributed by atoms with Crippen molar-refractivity contribution >= 4 is 28.4 Å². The van der Waals surface area contributed by atoms with Crippen LogP contribution in [0.4, 0.5) is 5.69 Å². The van der Waals surface area contributed by atoms with Crippen LogP contribution >= 0.6 is 0 Å². The van der Waals surface area contributed by atoms with Gasteiger partial charge in [-0.25, -0.2) is 9.97 Å². The summed E-state index contributed by atoms with van der Waals surface area (Å²) in [5.74, 6) is 1.16. The lowest BCUT2D eigenvalue weighted by molar-refractivity contribution is -0.123. The highest BCUT2D eigenvalue weighted by Gasteiger charge is 2.59. The van der Waals surface area contributed by atoms with Crippen LogP contribution in [-0.2, 0) is 9.59 Å². The molecule has 2 amide bonds. The Labute approximate surface area is 173 Å². The van der Waals surface area contributed by atoms with E-state index in [9.17, 15) is 9.59 Å². The van der Waals surface area contributed by atoms with Gasteiger partial charge in [0.2, 0.25) is 11.8 Å². The number of allylic oxidation sites excluding steroid dienone is 2. The van der Waals surface area contributed by atoms with Gasteiger partial charge in [0.15, 0.2) is 5.82 Å². The van der Waals surface area contributed by atoms with E-state index in [0.29, 0.717) is 17.3 Å². The van der Waals surface area contributed by atoms with Crippen LogP contribution in [0.1, 0.15) is 6.42 Å². The highest BCUT2D eigenvalue weighted by Crippen LogP contribution is 2.53. The molecule has 1 aromatic heterocycles. The second-order valence-electron chi connectivity index (χ2n) is 8.15. The number of rotatable bonds is 3. The zero-order valence-electron chi connectivity index (χ0n) is 16.4. The summed E-state index contributed by atoms with van der Waals surface area (Å²) in [4.78, 5) is 36.5. The molecule has 6 heteroatoms.